The Hall–Kier alpha value is -1.89. The second-order valence-electron chi connectivity index (χ2n) is 4.63. The molecule has 1 aliphatic heterocycles. The molecule has 1 unspecified atom stereocenters. The van der Waals surface area contributed by atoms with Gasteiger partial charge in [-0.15, -0.1) is 0 Å². The molecule has 7 nitrogen and oxygen atoms in total. The summed E-state index contributed by atoms with van der Waals surface area (Å²) in [6, 6.07) is 0.169. The molecule has 1 atom stereocenters. The minimum atomic E-state index is -0.273. The number of aromatic amines is 2. The fourth-order valence-corrected chi connectivity index (χ4v) is 2.37. The van der Waals surface area contributed by atoms with Crippen molar-refractivity contribution in [3.05, 3.63) is 16.2 Å². The number of aromatic nitrogens is 4. The average Bonchev–Trinajstić information content (AvgIpc) is 2.59. The molecular weight excluding hydrogens is 232 g/mol. The lowest BCUT2D eigenvalue weighted by molar-refractivity contribution is 0.513. The first-order valence-corrected chi connectivity index (χ1v) is 6.23. The van der Waals surface area contributed by atoms with E-state index in [0.717, 1.165) is 18.8 Å². The van der Waals surface area contributed by atoms with E-state index in [0.29, 0.717) is 11.2 Å². The van der Waals surface area contributed by atoms with Crippen LogP contribution in [-0.2, 0) is 0 Å². The Kier molecular flexibility index (Phi) is 2.75. The van der Waals surface area contributed by atoms with Crippen molar-refractivity contribution in [1.82, 2.24) is 25.3 Å². The van der Waals surface area contributed by atoms with Crippen LogP contribution in [0.5, 0.6) is 0 Å². The van der Waals surface area contributed by atoms with Gasteiger partial charge < -0.3 is 16.0 Å². The lowest BCUT2D eigenvalue weighted by Gasteiger charge is -2.11. The minimum absolute atomic E-state index is 0.0966. The van der Waals surface area contributed by atoms with E-state index < -0.39 is 0 Å². The number of hydrogen-bond donors (Lipinski definition) is 4. The number of nitrogens with two attached hydrogens (primary N) is 1. The summed E-state index contributed by atoms with van der Waals surface area (Å²) in [6.07, 6.45) is 4.60. The molecule has 7 heteroatoms. The van der Waals surface area contributed by atoms with Crippen molar-refractivity contribution in [1.29, 1.82) is 0 Å². The quantitative estimate of drug-likeness (QED) is 0.584. The molecule has 3 heterocycles. The Bertz CT molecular complexity index is 608. The van der Waals surface area contributed by atoms with Gasteiger partial charge in [0.25, 0.3) is 5.56 Å². The van der Waals surface area contributed by atoms with E-state index >= 15 is 0 Å². The first kappa shape index (κ1) is 11.2. The Morgan fingerprint density at radius 2 is 2.06 bits per heavy atom. The van der Waals surface area contributed by atoms with Crippen LogP contribution in [0.25, 0.3) is 11.2 Å². The van der Waals surface area contributed by atoms with Gasteiger partial charge in [-0.2, -0.15) is 4.98 Å². The summed E-state index contributed by atoms with van der Waals surface area (Å²) in [4.78, 5) is 25.6. The zero-order valence-corrected chi connectivity index (χ0v) is 9.99. The van der Waals surface area contributed by atoms with Gasteiger partial charge in [0.1, 0.15) is 5.82 Å². The summed E-state index contributed by atoms with van der Waals surface area (Å²) in [7, 11) is 0. The third-order valence-electron chi connectivity index (χ3n) is 3.29. The summed E-state index contributed by atoms with van der Waals surface area (Å²) in [5.41, 5.74) is 6.01. The number of rotatable bonds is 1. The molecule has 0 amide bonds. The molecule has 5 N–H and O–H groups in total. The van der Waals surface area contributed by atoms with Gasteiger partial charge in [0.15, 0.2) is 11.2 Å². The maximum Gasteiger partial charge on any atom is 0.278 e. The summed E-state index contributed by atoms with van der Waals surface area (Å²) in [5, 5.41) is 3.43. The Morgan fingerprint density at radius 3 is 2.94 bits per heavy atom. The molecule has 2 aromatic rings. The van der Waals surface area contributed by atoms with E-state index in [-0.39, 0.29) is 17.5 Å². The van der Waals surface area contributed by atoms with Crippen LogP contribution >= 0.6 is 0 Å². The Morgan fingerprint density at radius 1 is 1.17 bits per heavy atom. The average molecular weight is 248 g/mol. The van der Waals surface area contributed by atoms with E-state index in [9.17, 15) is 4.79 Å². The molecule has 0 aromatic carbocycles. The molecule has 96 valence electrons. The zero-order valence-electron chi connectivity index (χ0n) is 9.99. The molecular formula is C11H16N6O. The molecule has 18 heavy (non-hydrogen) atoms. The van der Waals surface area contributed by atoms with Crippen LogP contribution in [0.3, 0.4) is 0 Å². The van der Waals surface area contributed by atoms with Gasteiger partial charge >= 0.3 is 0 Å². The molecule has 1 aliphatic rings. The highest BCUT2D eigenvalue weighted by atomic mass is 16.1. The molecule has 0 radical (unpaired) electrons. The molecule has 0 spiro atoms. The number of nitrogen functional groups attached to an aromatic ring is 1. The van der Waals surface area contributed by atoms with Crippen LogP contribution < -0.4 is 16.6 Å². The topological polar surface area (TPSA) is 112 Å². The first-order chi connectivity index (χ1) is 8.74. The Balaban J connectivity index is 2.02. The predicted octanol–water partition coefficient (Wildman–Crippen LogP) is 0.433. The van der Waals surface area contributed by atoms with E-state index in [4.69, 9.17) is 5.73 Å². The van der Waals surface area contributed by atoms with Gasteiger partial charge in [-0.1, -0.05) is 12.8 Å². The molecule has 1 saturated heterocycles. The van der Waals surface area contributed by atoms with E-state index in [2.05, 4.69) is 25.3 Å². The Labute approximate surface area is 103 Å². The lowest BCUT2D eigenvalue weighted by atomic mass is 10.1. The number of H-pyrrole nitrogens is 2. The van der Waals surface area contributed by atoms with E-state index in [1.165, 1.54) is 19.3 Å². The third-order valence-corrected chi connectivity index (χ3v) is 3.29. The molecule has 3 rings (SSSR count). The van der Waals surface area contributed by atoms with Crippen LogP contribution in [0.4, 0.5) is 5.95 Å². The van der Waals surface area contributed by atoms with Crippen LogP contribution in [0.15, 0.2) is 4.79 Å². The summed E-state index contributed by atoms with van der Waals surface area (Å²) in [6.45, 7) is 0.980. The van der Waals surface area contributed by atoms with Gasteiger partial charge in [-0.25, -0.2) is 4.98 Å². The standard InChI is InChI=1S/C11H16N6O/c12-11-16-9-7(10(18)17-11)14-8(15-9)6-4-2-1-3-5-13-6/h6,13H,1-5H2,(H4,12,14,15,16,17,18). The smallest absolute Gasteiger partial charge is 0.278 e. The van der Waals surface area contributed by atoms with Crippen LogP contribution in [0.2, 0.25) is 0 Å². The minimum Gasteiger partial charge on any atom is -0.369 e. The van der Waals surface area contributed by atoms with Crippen molar-refractivity contribution in [2.45, 2.75) is 31.7 Å². The lowest BCUT2D eigenvalue weighted by Crippen LogP contribution is -2.21. The van der Waals surface area contributed by atoms with Crippen LogP contribution in [0.1, 0.15) is 37.5 Å². The normalized spacial score (nSPS) is 21.0. The van der Waals surface area contributed by atoms with Gasteiger partial charge in [-0.3, -0.25) is 9.78 Å². The summed E-state index contributed by atoms with van der Waals surface area (Å²) in [5.74, 6) is 0.870. The molecule has 0 aliphatic carbocycles. The summed E-state index contributed by atoms with van der Waals surface area (Å²) < 4.78 is 0. The van der Waals surface area contributed by atoms with Crippen molar-refractivity contribution in [3.63, 3.8) is 0 Å². The highest BCUT2D eigenvalue weighted by Crippen LogP contribution is 2.21. The number of hydrogen-bond acceptors (Lipinski definition) is 5. The second-order valence-corrected chi connectivity index (χ2v) is 4.63. The second kappa shape index (κ2) is 4.41. The van der Waals surface area contributed by atoms with Crippen molar-refractivity contribution < 1.29 is 0 Å². The van der Waals surface area contributed by atoms with Crippen molar-refractivity contribution in [2.75, 3.05) is 12.3 Å². The van der Waals surface area contributed by atoms with Gasteiger partial charge in [0.05, 0.1) is 6.04 Å². The number of imidazole rings is 1. The van der Waals surface area contributed by atoms with Crippen molar-refractivity contribution in [3.8, 4) is 0 Å². The fourth-order valence-electron chi connectivity index (χ4n) is 2.37. The molecule has 0 saturated carbocycles. The van der Waals surface area contributed by atoms with E-state index in [1.54, 1.807) is 0 Å². The highest BCUT2D eigenvalue weighted by Gasteiger charge is 2.18. The zero-order chi connectivity index (χ0) is 12.5. The fraction of sp³-hybridized carbons (Fsp3) is 0.545. The maximum atomic E-state index is 11.7. The number of nitrogens with one attached hydrogen (secondary N) is 3. The number of nitrogens with zero attached hydrogens (tertiary/aromatic N) is 2. The van der Waals surface area contributed by atoms with Crippen molar-refractivity contribution in [2.24, 2.45) is 0 Å². The number of anilines is 1. The monoisotopic (exact) mass is 248 g/mol. The van der Waals surface area contributed by atoms with Crippen LogP contribution in [0, 0.1) is 0 Å². The van der Waals surface area contributed by atoms with Gasteiger partial charge in [0, 0.05) is 0 Å². The molecule has 2 aromatic heterocycles. The first-order valence-electron chi connectivity index (χ1n) is 6.23. The van der Waals surface area contributed by atoms with Gasteiger partial charge in [0.2, 0.25) is 5.95 Å². The highest BCUT2D eigenvalue weighted by molar-refractivity contribution is 5.70. The van der Waals surface area contributed by atoms with E-state index in [1.807, 2.05) is 0 Å². The van der Waals surface area contributed by atoms with Crippen molar-refractivity contribution >= 4 is 17.1 Å². The predicted molar refractivity (Wildman–Crippen MR) is 68.1 cm³/mol. The SMILES string of the molecule is Nc1nc2nc(C3CCCCCN3)[nH]c2c(=O)[nH]1. The maximum absolute atomic E-state index is 11.7. The van der Waals surface area contributed by atoms with Crippen LogP contribution in [-0.4, -0.2) is 26.5 Å². The molecule has 0 bridgehead atoms. The molecule has 1 fully saturated rings. The number of fused-ring (bicyclic) bond motifs is 1. The largest absolute Gasteiger partial charge is 0.369 e. The summed E-state index contributed by atoms with van der Waals surface area (Å²) >= 11 is 0. The third kappa shape index (κ3) is 1.97. The van der Waals surface area contributed by atoms with Gasteiger partial charge in [-0.05, 0) is 19.4 Å².